The Morgan fingerprint density at radius 3 is 2.88 bits per heavy atom. The van der Waals surface area contributed by atoms with Crippen LogP contribution in [0.3, 0.4) is 0 Å². The number of nitrogens with zero attached hydrogens (tertiary/aromatic N) is 2. The van der Waals surface area contributed by atoms with Gasteiger partial charge < -0.3 is 15.1 Å². The minimum Gasteiger partial charge on any atom is -0.439 e. The molecule has 0 saturated carbocycles. The van der Waals surface area contributed by atoms with Crippen LogP contribution in [0.15, 0.2) is 39.9 Å². The number of hydrogen-bond donors (Lipinski definition) is 2. The second kappa shape index (κ2) is 8.94. The average Bonchev–Trinajstić information content (AvgIpc) is 3.30. The normalized spacial score (nSPS) is 17.7. The lowest BCUT2D eigenvalue weighted by Crippen LogP contribution is -2.40. The van der Waals surface area contributed by atoms with E-state index in [1.807, 2.05) is 23.9 Å². The molecule has 3 rings (SSSR count). The van der Waals surface area contributed by atoms with Gasteiger partial charge in [-0.3, -0.25) is 0 Å². The molecule has 134 valence electrons. The van der Waals surface area contributed by atoms with Crippen LogP contribution in [0.5, 0.6) is 0 Å². The molecule has 1 aliphatic heterocycles. The second-order valence-electron chi connectivity index (χ2n) is 6.20. The quantitative estimate of drug-likeness (QED) is 0.610. The number of aryl methyl sites for hydroxylation is 1. The van der Waals surface area contributed by atoms with Crippen molar-refractivity contribution in [2.24, 2.45) is 4.99 Å². The SMILES string of the molecule is CCNC(=NCc1ncc(-c2ccc(C)cc2)o1)NCC1CCCS1. The van der Waals surface area contributed by atoms with Crippen molar-refractivity contribution in [1.29, 1.82) is 0 Å². The first-order valence-corrected chi connectivity index (χ1v) is 9.95. The highest BCUT2D eigenvalue weighted by Gasteiger charge is 2.15. The van der Waals surface area contributed by atoms with Crippen LogP contribution in [0, 0.1) is 6.92 Å². The van der Waals surface area contributed by atoms with Crippen molar-refractivity contribution in [2.75, 3.05) is 18.8 Å². The monoisotopic (exact) mass is 358 g/mol. The Balaban J connectivity index is 1.59. The predicted octanol–water partition coefficient (Wildman–Crippen LogP) is 3.60. The first kappa shape index (κ1) is 17.9. The minimum atomic E-state index is 0.430. The molecule has 1 aromatic heterocycles. The molecular formula is C19H26N4OS. The van der Waals surface area contributed by atoms with E-state index in [0.29, 0.717) is 17.7 Å². The number of thioether (sulfide) groups is 1. The summed E-state index contributed by atoms with van der Waals surface area (Å²) in [5, 5.41) is 7.40. The van der Waals surface area contributed by atoms with E-state index in [0.717, 1.165) is 30.4 Å². The third-order valence-corrected chi connectivity index (χ3v) is 5.53. The number of oxazole rings is 1. The van der Waals surface area contributed by atoms with Crippen LogP contribution < -0.4 is 10.6 Å². The van der Waals surface area contributed by atoms with Gasteiger partial charge >= 0.3 is 0 Å². The van der Waals surface area contributed by atoms with Gasteiger partial charge in [0.05, 0.1) is 6.20 Å². The lowest BCUT2D eigenvalue weighted by atomic mass is 10.1. The van der Waals surface area contributed by atoms with Gasteiger partial charge in [-0.1, -0.05) is 29.8 Å². The van der Waals surface area contributed by atoms with Gasteiger partial charge in [0.25, 0.3) is 0 Å². The molecule has 25 heavy (non-hydrogen) atoms. The van der Waals surface area contributed by atoms with Gasteiger partial charge in [-0.2, -0.15) is 11.8 Å². The molecule has 0 aliphatic carbocycles. The highest BCUT2D eigenvalue weighted by atomic mass is 32.2. The predicted molar refractivity (Wildman–Crippen MR) is 105 cm³/mol. The maximum absolute atomic E-state index is 5.84. The summed E-state index contributed by atoms with van der Waals surface area (Å²) < 4.78 is 5.84. The van der Waals surface area contributed by atoms with Crippen molar-refractivity contribution < 1.29 is 4.42 Å². The van der Waals surface area contributed by atoms with E-state index >= 15 is 0 Å². The smallest absolute Gasteiger partial charge is 0.216 e. The van der Waals surface area contributed by atoms with E-state index in [-0.39, 0.29) is 0 Å². The van der Waals surface area contributed by atoms with Crippen molar-refractivity contribution in [3.8, 4) is 11.3 Å². The highest BCUT2D eigenvalue weighted by Crippen LogP contribution is 2.25. The Hall–Kier alpha value is -1.95. The lowest BCUT2D eigenvalue weighted by Gasteiger charge is -2.14. The summed E-state index contributed by atoms with van der Waals surface area (Å²) in [6.45, 7) is 6.37. The fourth-order valence-electron chi connectivity index (χ4n) is 2.74. The summed E-state index contributed by atoms with van der Waals surface area (Å²) in [4.78, 5) is 8.95. The Morgan fingerprint density at radius 1 is 1.32 bits per heavy atom. The molecule has 0 bridgehead atoms. The van der Waals surface area contributed by atoms with Crippen LogP contribution >= 0.6 is 11.8 Å². The van der Waals surface area contributed by atoms with E-state index in [2.05, 4.69) is 46.6 Å². The third-order valence-electron chi connectivity index (χ3n) is 4.13. The summed E-state index contributed by atoms with van der Waals surface area (Å²) in [5.41, 5.74) is 2.27. The first-order valence-electron chi connectivity index (χ1n) is 8.90. The zero-order valence-electron chi connectivity index (χ0n) is 14.9. The van der Waals surface area contributed by atoms with Crippen LogP contribution in [0.25, 0.3) is 11.3 Å². The average molecular weight is 359 g/mol. The molecule has 2 N–H and O–H groups in total. The van der Waals surface area contributed by atoms with Crippen LogP contribution in [0.1, 0.15) is 31.2 Å². The van der Waals surface area contributed by atoms with Crippen LogP contribution in [0.4, 0.5) is 0 Å². The fourth-order valence-corrected chi connectivity index (χ4v) is 3.94. The number of nitrogens with one attached hydrogen (secondary N) is 2. The molecule has 1 aromatic carbocycles. The van der Waals surface area contributed by atoms with Gasteiger partial charge in [-0.05, 0) is 32.4 Å². The van der Waals surface area contributed by atoms with E-state index in [1.54, 1.807) is 6.20 Å². The number of aromatic nitrogens is 1. The summed E-state index contributed by atoms with van der Waals surface area (Å²) in [6.07, 6.45) is 4.38. The zero-order chi connectivity index (χ0) is 17.5. The van der Waals surface area contributed by atoms with Crippen molar-refractivity contribution >= 4 is 17.7 Å². The van der Waals surface area contributed by atoms with E-state index in [1.165, 1.54) is 24.2 Å². The number of benzene rings is 1. The standard InChI is InChI=1S/C19H26N4OS/c1-3-20-19(22-11-16-5-4-10-25-16)23-13-18-21-12-17(24-18)15-8-6-14(2)7-9-15/h6-9,12,16H,3-5,10-11,13H2,1-2H3,(H2,20,22,23). The van der Waals surface area contributed by atoms with Crippen molar-refractivity contribution in [3.05, 3.63) is 41.9 Å². The van der Waals surface area contributed by atoms with E-state index < -0.39 is 0 Å². The van der Waals surface area contributed by atoms with Gasteiger partial charge in [-0.25, -0.2) is 9.98 Å². The maximum Gasteiger partial charge on any atom is 0.216 e. The van der Waals surface area contributed by atoms with Crippen LogP contribution in [-0.2, 0) is 6.54 Å². The molecule has 1 saturated heterocycles. The Labute approximate surface area is 153 Å². The molecular weight excluding hydrogens is 332 g/mol. The molecule has 6 heteroatoms. The topological polar surface area (TPSA) is 62.5 Å². The van der Waals surface area contributed by atoms with Gasteiger partial charge in [0.15, 0.2) is 11.7 Å². The molecule has 2 aromatic rings. The molecule has 5 nitrogen and oxygen atoms in total. The summed E-state index contributed by atoms with van der Waals surface area (Å²) in [5.74, 6) is 3.51. The summed E-state index contributed by atoms with van der Waals surface area (Å²) in [7, 11) is 0. The minimum absolute atomic E-state index is 0.430. The summed E-state index contributed by atoms with van der Waals surface area (Å²) in [6, 6.07) is 8.25. The number of aliphatic imine (C=N–C) groups is 1. The van der Waals surface area contributed by atoms with Gasteiger partial charge in [0.2, 0.25) is 5.89 Å². The molecule has 1 fully saturated rings. The molecule has 0 amide bonds. The molecule has 0 radical (unpaired) electrons. The second-order valence-corrected chi connectivity index (χ2v) is 7.60. The summed E-state index contributed by atoms with van der Waals surface area (Å²) >= 11 is 2.04. The number of rotatable bonds is 6. The number of hydrogen-bond acceptors (Lipinski definition) is 4. The number of guanidine groups is 1. The van der Waals surface area contributed by atoms with Crippen LogP contribution in [-0.4, -0.2) is 35.0 Å². The van der Waals surface area contributed by atoms with Gasteiger partial charge in [0, 0.05) is 23.9 Å². The third kappa shape index (κ3) is 5.26. The Kier molecular flexibility index (Phi) is 6.39. The zero-order valence-corrected chi connectivity index (χ0v) is 15.7. The van der Waals surface area contributed by atoms with Crippen LogP contribution in [0.2, 0.25) is 0 Å². The van der Waals surface area contributed by atoms with Crippen molar-refractivity contribution in [2.45, 2.75) is 38.5 Å². The first-order chi connectivity index (χ1) is 12.2. The maximum atomic E-state index is 5.84. The Morgan fingerprint density at radius 2 is 2.16 bits per heavy atom. The highest BCUT2D eigenvalue weighted by molar-refractivity contribution is 8.00. The Bertz CT molecular complexity index is 690. The van der Waals surface area contributed by atoms with E-state index in [4.69, 9.17) is 4.42 Å². The molecule has 1 unspecified atom stereocenters. The molecule has 0 spiro atoms. The lowest BCUT2D eigenvalue weighted by molar-refractivity contribution is 0.509. The molecule has 2 heterocycles. The molecule has 1 aliphatic rings. The van der Waals surface area contributed by atoms with E-state index in [9.17, 15) is 0 Å². The fraction of sp³-hybridized carbons (Fsp3) is 0.474. The molecule has 1 atom stereocenters. The largest absolute Gasteiger partial charge is 0.439 e. The van der Waals surface area contributed by atoms with Crippen molar-refractivity contribution in [1.82, 2.24) is 15.6 Å². The van der Waals surface area contributed by atoms with Crippen molar-refractivity contribution in [3.63, 3.8) is 0 Å². The van der Waals surface area contributed by atoms with Gasteiger partial charge in [0.1, 0.15) is 6.54 Å². The van der Waals surface area contributed by atoms with Gasteiger partial charge in [-0.15, -0.1) is 0 Å².